The molecule has 2 unspecified atom stereocenters. The van der Waals surface area contributed by atoms with Crippen molar-refractivity contribution >= 4 is 17.8 Å². The Morgan fingerprint density at radius 2 is 2.05 bits per heavy atom. The number of hydrogen-bond acceptors (Lipinski definition) is 4. The van der Waals surface area contributed by atoms with E-state index in [4.69, 9.17) is 25.9 Å². The highest BCUT2D eigenvalue weighted by Gasteiger charge is 2.31. The van der Waals surface area contributed by atoms with Crippen LogP contribution in [0.5, 0.6) is 0 Å². The Balaban J connectivity index is 2.12. The standard InChI is InChI=1S/C12H11ClF3NO3/c13-9-3-1-8(2-4-9)11(10-5-18-7-19-10)20-17-6-12(14,15)16/h1-4,6,10-11H,5,7H2/b17-6-. The van der Waals surface area contributed by atoms with Crippen LogP contribution >= 0.6 is 11.6 Å². The average Bonchev–Trinajstić information content (AvgIpc) is 2.88. The van der Waals surface area contributed by atoms with Crippen LogP contribution in [0.25, 0.3) is 0 Å². The van der Waals surface area contributed by atoms with Crippen LogP contribution in [-0.2, 0) is 14.3 Å². The van der Waals surface area contributed by atoms with Gasteiger partial charge in [-0.1, -0.05) is 28.9 Å². The highest BCUT2D eigenvalue weighted by Crippen LogP contribution is 2.28. The Morgan fingerprint density at radius 1 is 1.35 bits per heavy atom. The van der Waals surface area contributed by atoms with Crippen LogP contribution in [-0.4, -0.2) is 31.9 Å². The molecule has 20 heavy (non-hydrogen) atoms. The molecule has 0 N–H and O–H groups in total. The van der Waals surface area contributed by atoms with E-state index in [0.717, 1.165) is 0 Å². The molecule has 0 aliphatic carbocycles. The lowest BCUT2D eigenvalue weighted by Gasteiger charge is -2.20. The molecule has 1 aliphatic rings. The summed E-state index contributed by atoms with van der Waals surface area (Å²) in [5.41, 5.74) is 0.601. The lowest BCUT2D eigenvalue weighted by atomic mass is 10.1. The zero-order valence-electron chi connectivity index (χ0n) is 10.1. The van der Waals surface area contributed by atoms with Gasteiger partial charge in [-0.2, -0.15) is 13.2 Å². The van der Waals surface area contributed by atoms with Crippen molar-refractivity contribution < 1.29 is 27.5 Å². The predicted octanol–water partition coefficient (Wildman–Crippen LogP) is 3.32. The maximum Gasteiger partial charge on any atom is 0.429 e. The number of oxime groups is 1. The highest BCUT2D eigenvalue weighted by molar-refractivity contribution is 6.30. The Labute approximate surface area is 118 Å². The van der Waals surface area contributed by atoms with Gasteiger partial charge >= 0.3 is 6.18 Å². The van der Waals surface area contributed by atoms with E-state index in [2.05, 4.69) is 5.16 Å². The number of rotatable bonds is 4. The molecule has 2 atom stereocenters. The summed E-state index contributed by atoms with van der Waals surface area (Å²) in [6.07, 6.45) is -6.07. The summed E-state index contributed by atoms with van der Waals surface area (Å²) in [6.45, 7) is 0.288. The lowest BCUT2D eigenvalue weighted by molar-refractivity contribution is -0.0694. The topological polar surface area (TPSA) is 40.0 Å². The number of ether oxygens (including phenoxy) is 2. The second-order valence-electron chi connectivity index (χ2n) is 4.05. The van der Waals surface area contributed by atoms with Crippen LogP contribution in [0.15, 0.2) is 29.4 Å². The largest absolute Gasteiger partial charge is 0.429 e. The van der Waals surface area contributed by atoms with Gasteiger partial charge in [-0.3, -0.25) is 0 Å². The van der Waals surface area contributed by atoms with Crippen LogP contribution in [0.1, 0.15) is 11.7 Å². The van der Waals surface area contributed by atoms with Gasteiger partial charge in [0, 0.05) is 5.02 Å². The van der Waals surface area contributed by atoms with Crippen LogP contribution < -0.4 is 0 Å². The van der Waals surface area contributed by atoms with E-state index in [9.17, 15) is 13.2 Å². The van der Waals surface area contributed by atoms with Crippen molar-refractivity contribution in [2.45, 2.75) is 18.4 Å². The third-order valence-electron chi connectivity index (χ3n) is 2.56. The monoisotopic (exact) mass is 309 g/mol. The molecule has 1 fully saturated rings. The maximum absolute atomic E-state index is 12.0. The molecule has 110 valence electrons. The summed E-state index contributed by atoms with van der Waals surface area (Å²) in [5.74, 6) is 0. The van der Waals surface area contributed by atoms with Crippen molar-refractivity contribution in [2.75, 3.05) is 13.4 Å². The van der Waals surface area contributed by atoms with Gasteiger partial charge in [0.05, 0.1) is 6.61 Å². The van der Waals surface area contributed by atoms with Crippen LogP contribution in [0.4, 0.5) is 13.2 Å². The van der Waals surface area contributed by atoms with E-state index in [1.165, 1.54) is 0 Å². The van der Waals surface area contributed by atoms with Crippen LogP contribution in [0, 0.1) is 0 Å². The molecule has 1 aromatic rings. The van der Waals surface area contributed by atoms with Crippen molar-refractivity contribution in [1.29, 1.82) is 0 Å². The first-order valence-electron chi connectivity index (χ1n) is 5.67. The molecule has 1 saturated heterocycles. The second kappa shape index (κ2) is 6.43. The van der Waals surface area contributed by atoms with Crippen molar-refractivity contribution in [3.05, 3.63) is 34.9 Å². The van der Waals surface area contributed by atoms with E-state index in [1.807, 2.05) is 0 Å². The van der Waals surface area contributed by atoms with Gasteiger partial charge in [0.15, 0.2) is 6.10 Å². The lowest BCUT2D eigenvalue weighted by Crippen LogP contribution is -2.22. The van der Waals surface area contributed by atoms with Crippen molar-refractivity contribution in [2.24, 2.45) is 5.16 Å². The smallest absolute Gasteiger partial charge is 0.385 e. The van der Waals surface area contributed by atoms with E-state index in [0.29, 0.717) is 10.6 Å². The Kier molecular flexibility index (Phi) is 4.85. The molecular formula is C12H11ClF3NO3. The Hall–Kier alpha value is -1.31. The summed E-state index contributed by atoms with van der Waals surface area (Å²) in [6, 6.07) is 6.49. The van der Waals surface area contributed by atoms with Gasteiger partial charge in [0.25, 0.3) is 0 Å². The molecule has 0 amide bonds. The molecule has 1 heterocycles. The minimum absolute atomic E-state index is 0.0705. The van der Waals surface area contributed by atoms with E-state index >= 15 is 0 Å². The number of hydrogen-bond donors (Lipinski definition) is 0. The summed E-state index contributed by atoms with van der Waals surface area (Å²) in [4.78, 5) is 4.93. The van der Waals surface area contributed by atoms with E-state index in [1.54, 1.807) is 24.3 Å². The number of alkyl halides is 3. The quantitative estimate of drug-likeness (QED) is 0.633. The van der Waals surface area contributed by atoms with E-state index in [-0.39, 0.29) is 19.6 Å². The second-order valence-corrected chi connectivity index (χ2v) is 4.48. The van der Waals surface area contributed by atoms with Gasteiger partial charge < -0.3 is 14.3 Å². The first-order valence-corrected chi connectivity index (χ1v) is 6.05. The summed E-state index contributed by atoms with van der Waals surface area (Å²) in [5, 5.41) is 3.48. The fourth-order valence-electron chi connectivity index (χ4n) is 1.67. The van der Waals surface area contributed by atoms with Gasteiger partial charge in [0.2, 0.25) is 0 Å². The third kappa shape index (κ3) is 4.36. The molecule has 0 aromatic heterocycles. The molecule has 0 radical (unpaired) electrons. The van der Waals surface area contributed by atoms with Crippen LogP contribution in [0.3, 0.4) is 0 Å². The van der Waals surface area contributed by atoms with Crippen LogP contribution in [0.2, 0.25) is 5.02 Å². The number of nitrogens with zero attached hydrogens (tertiary/aromatic N) is 1. The molecule has 4 nitrogen and oxygen atoms in total. The van der Waals surface area contributed by atoms with Gasteiger partial charge in [-0.15, -0.1) is 0 Å². The highest BCUT2D eigenvalue weighted by atomic mass is 35.5. The van der Waals surface area contributed by atoms with Gasteiger partial charge in [0.1, 0.15) is 19.1 Å². The molecule has 1 aromatic carbocycles. The first-order chi connectivity index (χ1) is 9.46. The zero-order valence-corrected chi connectivity index (χ0v) is 10.9. The van der Waals surface area contributed by atoms with Gasteiger partial charge in [-0.25, -0.2) is 0 Å². The molecule has 0 saturated carbocycles. The molecular weight excluding hydrogens is 299 g/mol. The average molecular weight is 310 g/mol. The summed E-state index contributed by atoms with van der Waals surface area (Å²) >= 11 is 5.77. The van der Waals surface area contributed by atoms with Crippen molar-refractivity contribution in [1.82, 2.24) is 0 Å². The molecule has 0 spiro atoms. The van der Waals surface area contributed by atoms with E-state index < -0.39 is 18.4 Å². The molecule has 8 heteroatoms. The zero-order chi connectivity index (χ0) is 14.6. The normalized spacial score (nSPS) is 21.3. The Morgan fingerprint density at radius 3 is 2.60 bits per heavy atom. The predicted molar refractivity (Wildman–Crippen MR) is 65.5 cm³/mol. The maximum atomic E-state index is 12.0. The fraction of sp³-hybridized carbons (Fsp3) is 0.417. The van der Waals surface area contributed by atoms with Crippen molar-refractivity contribution in [3.63, 3.8) is 0 Å². The molecule has 0 bridgehead atoms. The molecule has 2 rings (SSSR count). The fourth-order valence-corrected chi connectivity index (χ4v) is 1.80. The number of halogens is 4. The summed E-state index contributed by atoms with van der Waals surface area (Å²) in [7, 11) is 0. The number of benzene rings is 1. The Bertz CT molecular complexity index is 458. The first kappa shape index (κ1) is 15.1. The minimum Gasteiger partial charge on any atom is -0.385 e. The third-order valence-corrected chi connectivity index (χ3v) is 2.81. The SMILES string of the molecule is FC(F)(F)/C=N\OC(c1ccc(Cl)cc1)C1COCO1. The molecule has 1 aliphatic heterocycles. The minimum atomic E-state index is -4.53. The van der Waals surface area contributed by atoms with Crippen molar-refractivity contribution in [3.8, 4) is 0 Å². The van der Waals surface area contributed by atoms with Gasteiger partial charge in [-0.05, 0) is 17.7 Å². The summed E-state index contributed by atoms with van der Waals surface area (Å²) < 4.78 is 46.4.